The number of likely N-dealkylation sites (tertiary alicyclic amines) is 1. The molecule has 2 saturated heterocycles. The average Bonchev–Trinajstić information content (AvgIpc) is 3.29. The third-order valence-electron chi connectivity index (χ3n) is 6.12. The molecule has 156 valence electrons. The highest BCUT2D eigenvalue weighted by Crippen LogP contribution is 2.44. The number of hydrogen-bond donors (Lipinski definition) is 1. The molecule has 3 aliphatic rings. The van der Waals surface area contributed by atoms with Crippen LogP contribution >= 0.6 is 0 Å². The first-order valence-corrected chi connectivity index (χ1v) is 10.2. The quantitative estimate of drug-likeness (QED) is 0.816. The molecule has 0 aromatic heterocycles. The fourth-order valence-electron chi connectivity index (χ4n) is 4.54. The Bertz CT molecular complexity index is 926. The van der Waals surface area contributed by atoms with Crippen LogP contribution in [-0.4, -0.2) is 60.3 Å². The van der Waals surface area contributed by atoms with Gasteiger partial charge in [0.25, 0.3) is 0 Å². The van der Waals surface area contributed by atoms with E-state index in [1.54, 1.807) is 0 Å². The summed E-state index contributed by atoms with van der Waals surface area (Å²) in [6.07, 6.45) is -0.257. The molecule has 7 nitrogen and oxygen atoms in total. The van der Waals surface area contributed by atoms with Crippen molar-refractivity contribution in [3.05, 3.63) is 59.7 Å². The third kappa shape index (κ3) is 3.34. The second-order valence-corrected chi connectivity index (χ2v) is 7.89. The van der Waals surface area contributed by atoms with Crippen molar-refractivity contribution in [2.75, 3.05) is 19.8 Å². The van der Waals surface area contributed by atoms with E-state index >= 15 is 0 Å². The number of aliphatic carboxylic acids is 1. The second-order valence-electron chi connectivity index (χ2n) is 7.89. The highest BCUT2D eigenvalue weighted by atomic mass is 16.7. The molecule has 2 unspecified atom stereocenters. The minimum absolute atomic E-state index is 0.0670. The van der Waals surface area contributed by atoms with Gasteiger partial charge in [0.15, 0.2) is 6.29 Å². The molecule has 3 atom stereocenters. The SMILES string of the molecule is O=C(O)[C@@H]1CC(OC2CCO2)CN1C(=O)OCC1c2ccccc2-c2ccccc21. The third-order valence-corrected chi connectivity index (χ3v) is 6.12. The molecule has 0 bridgehead atoms. The monoisotopic (exact) mass is 409 g/mol. The number of ether oxygens (including phenoxy) is 3. The van der Waals surface area contributed by atoms with Gasteiger partial charge in [0.05, 0.1) is 19.3 Å². The van der Waals surface area contributed by atoms with E-state index < -0.39 is 18.1 Å². The minimum Gasteiger partial charge on any atom is -0.480 e. The van der Waals surface area contributed by atoms with Crippen molar-refractivity contribution >= 4 is 12.1 Å². The molecule has 2 fully saturated rings. The molecule has 2 aliphatic heterocycles. The first-order chi connectivity index (χ1) is 14.6. The maximum atomic E-state index is 12.8. The number of amides is 1. The zero-order valence-electron chi connectivity index (χ0n) is 16.4. The summed E-state index contributed by atoms with van der Waals surface area (Å²) in [4.78, 5) is 25.8. The van der Waals surface area contributed by atoms with Gasteiger partial charge < -0.3 is 19.3 Å². The molecule has 30 heavy (non-hydrogen) atoms. The van der Waals surface area contributed by atoms with Crippen LogP contribution in [0.25, 0.3) is 11.1 Å². The summed E-state index contributed by atoms with van der Waals surface area (Å²) in [5.74, 6) is -1.12. The average molecular weight is 409 g/mol. The van der Waals surface area contributed by atoms with E-state index in [4.69, 9.17) is 14.2 Å². The van der Waals surface area contributed by atoms with Gasteiger partial charge in [-0.25, -0.2) is 9.59 Å². The number of hydrogen-bond acceptors (Lipinski definition) is 5. The van der Waals surface area contributed by atoms with E-state index in [0.29, 0.717) is 6.61 Å². The Morgan fingerprint density at radius 3 is 2.27 bits per heavy atom. The van der Waals surface area contributed by atoms with Crippen LogP contribution < -0.4 is 0 Å². The molecule has 0 saturated carbocycles. The number of benzene rings is 2. The van der Waals surface area contributed by atoms with Crippen molar-refractivity contribution in [2.24, 2.45) is 0 Å². The lowest BCUT2D eigenvalue weighted by atomic mass is 9.98. The van der Waals surface area contributed by atoms with E-state index in [0.717, 1.165) is 28.7 Å². The summed E-state index contributed by atoms with van der Waals surface area (Å²) in [5.41, 5.74) is 4.53. The molecular weight excluding hydrogens is 386 g/mol. The van der Waals surface area contributed by atoms with E-state index in [1.165, 1.54) is 4.90 Å². The molecule has 2 aromatic carbocycles. The fourth-order valence-corrected chi connectivity index (χ4v) is 4.54. The van der Waals surface area contributed by atoms with E-state index in [2.05, 4.69) is 12.1 Å². The smallest absolute Gasteiger partial charge is 0.410 e. The molecule has 0 spiro atoms. The predicted octanol–water partition coefficient (Wildman–Crippen LogP) is 3.23. The minimum atomic E-state index is -1.05. The number of rotatable bonds is 5. The predicted molar refractivity (Wildman–Crippen MR) is 107 cm³/mol. The summed E-state index contributed by atoms with van der Waals surface area (Å²) in [5, 5.41) is 9.56. The lowest BCUT2D eigenvalue weighted by molar-refractivity contribution is -0.233. The Morgan fingerprint density at radius 2 is 1.70 bits per heavy atom. The summed E-state index contributed by atoms with van der Waals surface area (Å²) >= 11 is 0. The molecule has 1 amide bonds. The second kappa shape index (κ2) is 7.74. The summed E-state index contributed by atoms with van der Waals surface area (Å²) in [6, 6.07) is 15.2. The van der Waals surface area contributed by atoms with Crippen molar-refractivity contribution < 1.29 is 28.9 Å². The molecule has 0 radical (unpaired) electrons. The summed E-state index contributed by atoms with van der Waals surface area (Å²) in [6.45, 7) is 0.996. The van der Waals surface area contributed by atoms with Crippen LogP contribution in [0.2, 0.25) is 0 Å². The molecule has 2 aromatic rings. The standard InChI is InChI=1S/C23H23NO6/c25-22(26)20-11-14(30-21-9-10-28-21)12-24(20)23(27)29-13-19-17-7-3-1-5-15(17)16-6-2-4-8-18(16)19/h1-8,14,19-21H,9-13H2,(H,25,26)/t14?,20-,21?/m0/s1. The lowest BCUT2D eigenvalue weighted by Crippen LogP contribution is -2.41. The Labute approximate surface area is 174 Å². The summed E-state index contributed by atoms with van der Waals surface area (Å²) in [7, 11) is 0. The van der Waals surface area contributed by atoms with Gasteiger partial charge in [-0.15, -0.1) is 0 Å². The number of carbonyl (C=O) groups excluding carboxylic acids is 1. The number of carbonyl (C=O) groups is 2. The Morgan fingerprint density at radius 1 is 1.07 bits per heavy atom. The van der Waals surface area contributed by atoms with Gasteiger partial charge in [-0.1, -0.05) is 48.5 Å². The molecular formula is C23H23NO6. The van der Waals surface area contributed by atoms with Crippen molar-refractivity contribution in [2.45, 2.75) is 37.2 Å². The summed E-state index contributed by atoms with van der Waals surface area (Å²) < 4.78 is 16.6. The first-order valence-electron chi connectivity index (χ1n) is 10.2. The largest absolute Gasteiger partial charge is 0.480 e. The number of fused-ring (bicyclic) bond motifs is 3. The van der Waals surface area contributed by atoms with Gasteiger partial charge in [0.1, 0.15) is 12.6 Å². The molecule has 7 heteroatoms. The first kappa shape index (κ1) is 19.1. The van der Waals surface area contributed by atoms with Crippen molar-refractivity contribution in [3.8, 4) is 11.1 Å². The van der Waals surface area contributed by atoms with Crippen molar-refractivity contribution in [3.63, 3.8) is 0 Å². The number of nitrogens with zero attached hydrogens (tertiary/aromatic N) is 1. The normalized spacial score (nSPS) is 24.8. The van der Waals surface area contributed by atoms with Gasteiger partial charge in [-0.2, -0.15) is 0 Å². The maximum Gasteiger partial charge on any atom is 0.410 e. The van der Waals surface area contributed by atoms with E-state index in [-0.39, 0.29) is 37.9 Å². The highest BCUT2D eigenvalue weighted by Gasteiger charge is 2.43. The van der Waals surface area contributed by atoms with Crippen LogP contribution in [0.1, 0.15) is 29.9 Å². The van der Waals surface area contributed by atoms with Gasteiger partial charge in [0, 0.05) is 18.8 Å². The molecule has 1 aliphatic carbocycles. The van der Waals surface area contributed by atoms with E-state index in [9.17, 15) is 14.7 Å². The number of carboxylic acid groups (broad SMARTS) is 1. The van der Waals surface area contributed by atoms with Gasteiger partial charge in [-0.05, 0) is 22.3 Å². The van der Waals surface area contributed by atoms with Crippen molar-refractivity contribution in [1.82, 2.24) is 4.90 Å². The molecule has 5 rings (SSSR count). The zero-order chi connectivity index (χ0) is 20.7. The maximum absolute atomic E-state index is 12.8. The molecule has 2 heterocycles. The molecule has 1 N–H and O–H groups in total. The van der Waals surface area contributed by atoms with E-state index in [1.807, 2.05) is 36.4 Å². The Balaban J connectivity index is 1.29. The van der Waals surface area contributed by atoms with Crippen molar-refractivity contribution in [1.29, 1.82) is 0 Å². The van der Waals surface area contributed by atoms with Gasteiger partial charge in [0.2, 0.25) is 0 Å². The Kier molecular flexibility index (Phi) is 4.92. The van der Waals surface area contributed by atoms with Crippen LogP contribution in [0.5, 0.6) is 0 Å². The van der Waals surface area contributed by atoms with Crippen LogP contribution in [0.3, 0.4) is 0 Å². The topological polar surface area (TPSA) is 85.3 Å². The van der Waals surface area contributed by atoms with Crippen LogP contribution in [0, 0.1) is 0 Å². The zero-order valence-corrected chi connectivity index (χ0v) is 16.4. The Hall–Kier alpha value is -2.90. The fraction of sp³-hybridized carbons (Fsp3) is 0.391. The van der Waals surface area contributed by atoms with Crippen LogP contribution in [-0.2, 0) is 19.0 Å². The van der Waals surface area contributed by atoms with Crippen LogP contribution in [0.15, 0.2) is 48.5 Å². The number of carboxylic acids is 1. The van der Waals surface area contributed by atoms with Gasteiger partial charge in [-0.3, -0.25) is 4.90 Å². The lowest BCUT2D eigenvalue weighted by Gasteiger charge is -2.29. The van der Waals surface area contributed by atoms with Gasteiger partial charge >= 0.3 is 12.1 Å². The van der Waals surface area contributed by atoms with Crippen LogP contribution in [0.4, 0.5) is 4.79 Å². The highest BCUT2D eigenvalue weighted by molar-refractivity contribution is 5.81.